The predicted octanol–water partition coefficient (Wildman–Crippen LogP) is 1.99. The van der Waals surface area contributed by atoms with Crippen molar-refractivity contribution in [1.82, 2.24) is 4.98 Å². The smallest absolute Gasteiger partial charge is 0.339 e. The standard InChI is InChI=1S/C13H18N2O3/c1-8-7-11(12(13(16)17)9(2)14-8)15-10-3-5-18-6-4-10/h7,10H,3-6H2,1-2H3,(H,14,15)(H,16,17). The zero-order valence-electron chi connectivity index (χ0n) is 10.7. The van der Waals surface area contributed by atoms with Crippen molar-refractivity contribution < 1.29 is 14.6 Å². The van der Waals surface area contributed by atoms with Crippen LogP contribution in [0.4, 0.5) is 5.69 Å². The van der Waals surface area contributed by atoms with Gasteiger partial charge in [0.2, 0.25) is 0 Å². The number of ether oxygens (including phenoxy) is 1. The Labute approximate surface area is 106 Å². The Morgan fingerprint density at radius 2 is 2.11 bits per heavy atom. The lowest BCUT2D eigenvalue weighted by Gasteiger charge is -2.25. The van der Waals surface area contributed by atoms with Crippen molar-refractivity contribution in [2.75, 3.05) is 18.5 Å². The Hall–Kier alpha value is -1.62. The first-order chi connectivity index (χ1) is 8.58. The number of carbonyl (C=O) groups is 1. The number of hydrogen-bond acceptors (Lipinski definition) is 4. The van der Waals surface area contributed by atoms with Gasteiger partial charge in [0.05, 0.1) is 11.4 Å². The average Bonchev–Trinajstić information content (AvgIpc) is 2.28. The summed E-state index contributed by atoms with van der Waals surface area (Å²) < 4.78 is 5.29. The van der Waals surface area contributed by atoms with Gasteiger partial charge in [0.15, 0.2) is 0 Å². The number of nitrogens with zero attached hydrogens (tertiary/aromatic N) is 1. The van der Waals surface area contributed by atoms with Crippen LogP contribution in [0.5, 0.6) is 0 Å². The predicted molar refractivity (Wildman–Crippen MR) is 68.1 cm³/mol. The van der Waals surface area contributed by atoms with Crippen LogP contribution in [-0.2, 0) is 4.74 Å². The molecule has 0 bridgehead atoms. The molecule has 1 fully saturated rings. The van der Waals surface area contributed by atoms with Crippen LogP contribution in [-0.4, -0.2) is 35.3 Å². The van der Waals surface area contributed by atoms with Crippen LogP contribution in [0.2, 0.25) is 0 Å². The Kier molecular flexibility index (Phi) is 3.81. The molecule has 0 unspecified atom stereocenters. The molecule has 5 nitrogen and oxygen atoms in total. The largest absolute Gasteiger partial charge is 0.478 e. The van der Waals surface area contributed by atoms with Crippen molar-refractivity contribution in [3.63, 3.8) is 0 Å². The monoisotopic (exact) mass is 250 g/mol. The van der Waals surface area contributed by atoms with E-state index in [1.165, 1.54) is 0 Å². The third-order valence-corrected chi connectivity index (χ3v) is 3.12. The first-order valence-corrected chi connectivity index (χ1v) is 6.13. The van der Waals surface area contributed by atoms with E-state index in [1.54, 1.807) is 13.0 Å². The molecule has 0 atom stereocenters. The Balaban J connectivity index is 2.27. The number of nitrogens with one attached hydrogen (secondary N) is 1. The van der Waals surface area contributed by atoms with Crippen LogP contribution in [0.1, 0.15) is 34.6 Å². The summed E-state index contributed by atoms with van der Waals surface area (Å²) in [5.41, 5.74) is 2.32. The molecular formula is C13H18N2O3. The lowest BCUT2D eigenvalue weighted by atomic mass is 10.1. The topological polar surface area (TPSA) is 71.5 Å². The van der Waals surface area contributed by atoms with Crippen LogP contribution in [0.3, 0.4) is 0 Å². The SMILES string of the molecule is Cc1cc(NC2CCOCC2)c(C(=O)O)c(C)n1. The second kappa shape index (κ2) is 5.35. The number of carboxylic acids is 1. The highest BCUT2D eigenvalue weighted by atomic mass is 16.5. The van der Waals surface area contributed by atoms with Gasteiger partial charge in [-0.25, -0.2) is 4.79 Å². The zero-order chi connectivity index (χ0) is 13.1. The van der Waals surface area contributed by atoms with E-state index < -0.39 is 5.97 Å². The minimum Gasteiger partial charge on any atom is -0.478 e. The van der Waals surface area contributed by atoms with E-state index in [9.17, 15) is 9.90 Å². The number of aromatic carboxylic acids is 1. The van der Waals surface area contributed by atoms with Crippen molar-refractivity contribution in [2.45, 2.75) is 32.7 Å². The molecule has 1 aliphatic rings. The van der Waals surface area contributed by atoms with Gasteiger partial charge in [-0.1, -0.05) is 0 Å². The molecule has 5 heteroatoms. The summed E-state index contributed by atoms with van der Waals surface area (Å²) in [4.78, 5) is 15.5. The van der Waals surface area contributed by atoms with Gasteiger partial charge in [0, 0.05) is 24.9 Å². The number of pyridine rings is 1. The number of rotatable bonds is 3. The third kappa shape index (κ3) is 2.79. The molecule has 18 heavy (non-hydrogen) atoms. The Morgan fingerprint density at radius 1 is 1.44 bits per heavy atom. The number of aromatic nitrogens is 1. The second-order valence-corrected chi connectivity index (χ2v) is 4.61. The maximum absolute atomic E-state index is 11.3. The quantitative estimate of drug-likeness (QED) is 0.858. The van der Waals surface area contributed by atoms with Gasteiger partial charge in [-0.3, -0.25) is 4.98 Å². The highest BCUT2D eigenvalue weighted by Crippen LogP contribution is 2.22. The van der Waals surface area contributed by atoms with Crippen LogP contribution in [0.25, 0.3) is 0 Å². The molecule has 0 radical (unpaired) electrons. The van der Waals surface area contributed by atoms with E-state index in [-0.39, 0.29) is 11.6 Å². The molecule has 1 saturated heterocycles. The van der Waals surface area contributed by atoms with Crippen molar-refractivity contribution >= 4 is 11.7 Å². The number of carboxylic acid groups (broad SMARTS) is 1. The molecule has 1 aromatic rings. The van der Waals surface area contributed by atoms with Crippen molar-refractivity contribution in [1.29, 1.82) is 0 Å². The van der Waals surface area contributed by atoms with Gasteiger partial charge in [0.25, 0.3) is 0 Å². The maximum Gasteiger partial charge on any atom is 0.339 e. The van der Waals surface area contributed by atoms with Gasteiger partial charge in [-0.05, 0) is 32.8 Å². The van der Waals surface area contributed by atoms with Crippen molar-refractivity contribution in [3.8, 4) is 0 Å². The lowest BCUT2D eigenvalue weighted by Crippen LogP contribution is -2.29. The summed E-state index contributed by atoms with van der Waals surface area (Å²) >= 11 is 0. The fraction of sp³-hybridized carbons (Fsp3) is 0.538. The molecule has 2 heterocycles. The highest BCUT2D eigenvalue weighted by Gasteiger charge is 2.19. The summed E-state index contributed by atoms with van der Waals surface area (Å²) in [6, 6.07) is 2.07. The van der Waals surface area contributed by atoms with E-state index >= 15 is 0 Å². The first kappa shape index (κ1) is 12.8. The average molecular weight is 250 g/mol. The van der Waals surface area contributed by atoms with Gasteiger partial charge in [-0.2, -0.15) is 0 Å². The third-order valence-electron chi connectivity index (χ3n) is 3.12. The molecule has 0 amide bonds. The lowest BCUT2D eigenvalue weighted by molar-refractivity contribution is 0.0696. The highest BCUT2D eigenvalue weighted by molar-refractivity contribution is 5.95. The van der Waals surface area contributed by atoms with E-state index in [0.717, 1.165) is 31.7 Å². The molecule has 0 aliphatic carbocycles. The molecule has 2 rings (SSSR count). The van der Waals surface area contributed by atoms with E-state index in [4.69, 9.17) is 4.74 Å². The van der Waals surface area contributed by atoms with Gasteiger partial charge in [-0.15, -0.1) is 0 Å². The first-order valence-electron chi connectivity index (χ1n) is 6.13. The summed E-state index contributed by atoms with van der Waals surface area (Å²) in [6.07, 6.45) is 1.80. The van der Waals surface area contributed by atoms with Gasteiger partial charge in [0.1, 0.15) is 5.56 Å². The molecule has 2 N–H and O–H groups in total. The van der Waals surface area contributed by atoms with Crippen LogP contribution >= 0.6 is 0 Å². The summed E-state index contributed by atoms with van der Waals surface area (Å²) in [6.45, 7) is 5.05. The normalized spacial score (nSPS) is 16.6. The zero-order valence-corrected chi connectivity index (χ0v) is 10.7. The summed E-state index contributed by atoms with van der Waals surface area (Å²) in [5.74, 6) is -0.936. The molecule has 1 aromatic heterocycles. The second-order valence-electron chi connectivity index (χ2n) is 4.61. The molecule has 1 aliphatic heterocycles. The number of aryl methyl sites for hydroxylation is 2. The van der Waals surface area contributed by atoms with Gasteiger partial charge < -0.3 is 15.2 Å². The molecule has 0 spiro atoms. The van der Waals surface area contributed by atoms with E-state index in [2.05, 4.69) is 10.3 Å². The number of hydrogen-bond donors (Lipinski definition) is 2. The fourth-order valence-electron chi connectivity index (χ4n) is 2.27. The maximum atomic E-state index is 11.3. The van der Waals surface area contributed by atoms with E-state index in [1.807, 2.05) is 6.92 Å². The Morgan fingerprint density at radius 3 is 2.72 bits per heavy atom. The number of anilines is 1. The van der Waals surface area contributed by atoms with Crippen LogP contribution < -0.4 is 5.32 Å². The molecule has 98 valence electrons. The van der Waals surface area contributed by atoms with Gasteiger partial charge >= 0.3 is 5.97 Å². The minimum atomic E-state index is -0.936. The van der Waals surface area contributed by atoms with Crippen molar-refractivity contribution in [3.05, 3.63) is 23.0 Å². The Bertz CT molecular complexity index is 454. The summed E-state index contributed by atoms with van der Waals surface area (Å²) in [5, 5.41) is 12.6. The van der Waals surface area contributed by atoms with Crippen LogP contribution in [0, 0.1) is 13.8 Å². The fourth-order valence-corrected chi connectivity index (χ4v) is 2.27. The summed E-state index contributed by atoms with van der Waals surface area (Å²) in [7, 11) is 0. The molecule has 0 saturated carbocycles. The van der Waals surface area contributed by atoms with E-state index in [0.29, 0.717) is 11.4 Å². The van der Waals surface area contributed by atoms with Crippen LogP contribution in [0.15, 0.2) is 6.07 Å². The molecule has 0 aromatic carbocycles. The minimum absolute atomic E-state index is 0.270. The molecular weight excluding hydrogens is 232 g/mol. The van der Waals surface area contributed by atoms with Crippen molar-refractivity contribution in [2.24, 2.45) is 0 Å².